The van der Waals surface area contributed by atoms with E-state index in [9.17, 15) is 0 Å². The van der Waals surface area contributed by atoms with E-state index in [1.54, 1.807) is 12.5 Å². The maximum absolute atomic E-state index is 5.50. The fourth-order valence-corrected chi connectivity index (χ4v) is 1.88. The molecule has 1 aliphatic heterocycles. The van der Waals surface area contributed by atoms with E-state index in [-0.39, 0.29) is 0 Å². The lowest BCUT2D eigenvalue weighted by atomic mass is 10.0. The van der Waals surface area contributed by atoms with Crippen LogP contribution in [0.25, 0.3) is 10.8 Å². The quantitative estimate of drug-likeness (QED) is 0.720. The number of nitrogens with zero attached hydrogens (tertiary/aromatic N) is 1. The zero-order valence-corrected chi connectivity index (χ0v) is 9.21. The first-order chi connectivity index (χ1) is 8.45. The molecule has 0 aromatic heterocycles. The van der Waals surface area contributed by atoms with Crippen molar-refractivity contribution in [2.45, 2.75) is 0 Å². The van der Waals surface area contributed by atoms with E-state index < -0.39 is 0 Å². The smallest absolute Gasteiger partial charge is 0.226 e. The van der Waals surface area contributed by atoms with Crippen LogP contribution in [0.5, 0.6) is 0 Å². The highest BCUT2D eigenvalue weighted by Crippen LogP contribution is 2.20. The van der Waals surface area contributed by atoms with E-state index in [1.807, 2.05) is 36.4 Å². The Hall–Kier alpha value is -2.35. The molecule has 17 heavy (non-hydrogen) atoms. The fourth-order valence-electron chi connectivity index (χ4n) is 1.88. The third-order valence-electron chi connectivity index (χ3n) is 2.67. The van der Waals surface area contributed by atoms with Gasteiger partial charge in [0.25, 0.3) is 0 Å². The minimum atomic E-state index is 0.631. The Morgan fingerprint density at radius 1 is 0.882 bits per heavy atom. The lowest BCUT2D eigenvalue weighted by Gasteiger charge is -2.07. The summed E-state index contributed by atoms with van der Waals surface area (Å²) >= 11 is 0. The van der Waals surface area contributed by atoms with E-state index in [1.165, 1.54) is 5.39 Å². The summed E-state index contributed by atoms with van der Waals surface area (Å²) in [7, 11) is 0. The van der Waals surface area contributed by atoms with E-state index in [0.29, 0.717) is 5.90 Å². The third kappa shape index (κ3) is 1.85. The maximum atomic E-state index is 5.50. The standard InChI is InChI=1S/C15H11NO/c1-2-8-13-12(6-1)7-5-9-14(13)15-16-10-3-4-11-17-15/h1-11H. The number of hydrogen-bond donors (Lipinski definition) is 0. The molecule has 0 spiro atoms. The van der Waals surface area contributed by atoms with Gasteiger partial charge >= 0.3 is 0 Å². The van der Waals surface area contributed by atoms with Crippen LogP contribution in [-0.4, -0.2) is 5.90 Å². The van der Waals surface area contributed by atoms with Crippen LogP contribution in [0.15, 0.2) is 72.1 Å². The summed E-state index contributed by atoms with van der Waals surface area (Å²) in [5.41, 5.74) is 1.01. The van der Waals surface area contributed by atoms with Gasteiger partial charge < -0.3 is 4.74 Å². The highest BCUT2D eigenvalue weighted by molar-refractivity contribution is 6.07. The van der Waals surface area contributed by atoms with Crippen LogP contribution >= 0.6 is 0 Å². The van der Waals surface area contributed by atoms with Crippen LogP contribution < -0.4 is 0 Å². The second kappa shape index (κ2) is 4.26. The predicted molar refractivity (Wildman–Crippen MR) is 69.9 cm³/mol. The van der Waals surface area contributed by atoms with Gasteiger partial charge in [-0.25, -0.2) is 4.99 Å². The average Bonchev–Trinajstić information content (AvgIpc) is 2.67. The molecule has 1 heterocycles. The van der Waals surface area contributed by atoms with Gasteiger partial charge in [-0.2, -0.15) is 0 Å². The Morgan fingerprint density at radius 3 is 2.76 bits per heavy atom. The van der Waals surface area contributed by atoms with Crippen molar-refractivity contribution in [3.05, 3.63) is 72.6 Å². The fraction of sp³-hybridized carbons (Fsp3) is 0. The number of fused-ring (bicyclic) bond motifs is 1. The number of allylic oxidation sites excluding steroid dienone is 2. The summed E-state index contributed by atoms with van der Waals surface area (Å²) in [6.45, 7) is 0. The number of rotatable bonds is 1. The van der Waals surface area contributed by atoms with E-state index >= 15 is 0 Å². The van der Waals surface area contributed by atoms with Crippen molar-refractivity contribution >= 4 is 16.7 Å². The van der Waals surface area contributed by atoms with Gasteiger partial charge in [-0.1, -0.05) is 36.4 Å². The molecule has 0 saturated heterocycles. The molecular weight excluding hydrogens is 210 g/mol. The van der Waals surface area contributed by atoms with Crippen molar-refractivity contribution in [2.24, 2.45) is 4.99 Å². The molecule has 0 atom stereocenters. The van der Waals surface area contributed by atoms with Crippen LogP contribution in [-0.2, 0) is 4.74 Å². The molecule has 0 bridgehead atoms. The minimum absolute atomic E-state index is 0.631. The van der Waals surface area contributed by atoms with Gasteiger partial charge in [0.05, 0.1) is 6.26 Å². The van der Waals surface area contributed by atoms with Crippen LogP contribution in [0, 0.1) is 0 Å². The van der Waals surface area contributed by atoms with Gasteiger partial charge in [-0.15, -0.1) is 0 Å². The molecule has 1 aliphatic rings. The van der Waals surface area contributed by atoms with Gasteiger partial charge in [0.15, 0.2) is 0 Å². The van der Waals surface area contributed by atoms with Crippen molar-refractivity contribution in [2.75, 3.05) is 0 Å². The SMILES string of the molecule is C1=CN=C(c2cccc3ccccc23)OC=C1. The average molecular weight is 221 g/mol. The first-order valence-electron chi connectivity index (χ1n) is 5.49. The monoisotopic (exact) mass is 221 g/mol. The Kier molecular flexibility index (Phi) is 2.47. The van der Waals surface area contributed by atoms with E-state index in [4.69, 9.17) is 4.74 Å². The summed E-state index contributed by atoms with van der Waals surface area (Å²) in [5.74, 6) is 0.631. The molecular formula is C15H11NO. The van der Waals surface area contributed by atoms with Gasteiger partial charge in [0.1, 0.15) is 0 Å². The molecule has 3 rings (SSSR count). The van der Waals surface area contributed by atoms with Gasteiger partial charge in [-0.3, -0.25) is 0 Å². The van der Waals surface area contributed by atoms with Gasteiger partial charge in [-0.05, 0) is 29.0 Å². The second-order valence-electron chi connectivity index (χ2n) is 3.75. The van der Waals surface area contributed by atoms with Gasteiger partial charge in [0.2, 0.25) is 5.90 Å². The zero-order chi connectivity index (χ0) is 11.5. The molecule has 0 radical (unpaired) electrons. The molecule has 0 aliphatic carbocycles. The lowest BCUT2D eigenvalue weighted by molar-refractivity contribution is 0.476. The normalized spacial score (nSPS) is 14.2. The van der Waals surface area contributed by atoms with E-state index in [0.717, 1.165) is 10.9 Å². The Balaban J connectivity index is 2.20. The number of ether oxygens (including phenoxy) is 1. The minimum Gasteiger partial charge on any atom is -0.446 e. The largest absolute Gasteiger partial charge is 0.446 e. The molecule has 0 fully saturated rings. The Bertz CT molecular complexity index is 633. The molecule has 0 N–H and O–H groups in total. The molecule has 0 saturated carbocycles. The summed E-state index contributed by atoms with van der Waals surface area (Å²) < 4.78 is 5.50. The Labute approximate surface area is 99.6 Å². The topological polar surface area (TPSA) is 21.6 Å². The molecule has 2 heteroatoms. The summed E-state index contributed by atoms with van der Waals surface area (Å²) in [6, 6.07) is 14.3. The predicted octanol–water partition coefficient (Wildman–Crippen LogP) is 3.64. The van der Waals surface area contributed by atoms with Crippen LogP contribution in [0.3, 0.4) is 0 Å². The number of hydrogen-bond acceptors (Lipinski definition) is 2. The summed E-state index contributed by atoms with van der Waals surface area (Å²) in [6.07, 6.45) is 7.05. The number of benzene rings is 2. The molecule has 82 valence electrons. The first kappa shape index (κ1) is 9.85. The maximum Gasteiger partial charge on any atom is 0.226 e. The Morgan fingerprint density at radius 2 is 1.76 bits per heavy atom. The van der Waals surface area contributed by atoms with Gasteiger partial charge in [0, 0.05) is 11.8 Å². The lowest BCUT2D eigenvalue weighted by Crippen LogP contribution is -2.02. The molecule has 0 unspecified atom stereocenters. The highest BCUT2D eigenvalue weighted by Gasteiger charge is 2.08. The molecule has 2 aromatic rings. The summed E-state index contributed by atoms with van der Waals surface area (Å²) in [5, 5.41) is 2.34. The third-order valence-corrected chi connectivity index (χ3v) is 2.67. The molecule has 2 aromatic carbocycles. The second-order valence-corrected chi connectivity index (χ2v) is 3.75. The zero-order valence-electron chi connectivity index (χ0n) is 9.21. The van der Waals surface area contributed by atoms with Crippen LogP contribution in [0.2, 0.25) is 0 Å². The summed E-state index contributed by atoms with van der Waals surface area (Å²) in [4.78, 5) is 4.29. The van der Waals surface area contributed by atoms with Crippen molar-refractivity contribution in [3.63, 3.8) is 0 Å². The van der Waals surface area contributed by atoms with Crippen molar-refractivity contribution in [3.8, 4) is 0 Å². The first-order valence-corrected chi connectivity index (χ1v) is 5.49. The van der Waals surface area contributed by atoms with Crippen LogP contribution in [0.1, 0.15) is 5.56 Å². The van der Waals surface area contributed by atoms with E-state index in [2.05, 4.69) is 23.2 Å². The van der Waals surface area contributed by atoms with Crippen molar-refractivity contribution in [1.82, 2.24) is 0 Å². The van der Waals surface area contributed by atoms with Crippen molar-refractivity contribution in [1.29, 1.82) is 0 Å². The number of aliphatic imine (C=N–C) groups is 1. The molecule has 2 nitrogen and oxygen atoms in total. The highest BCUT2D eigenvalue weighted by atomic mass is 16.5. The molecule has 0 amide bonds. The van der Waals surface area contributed by atoms with Crippen molar-refractivity contribution < 1.29 is 4.74 Å². The van der Waals surface area contributed by atoms with Crippen LogP contribution in [0.4, 0.5) is 0 Å².